The minimum absolute atomic E-state index is 0.0731. The van der Waals surface area contributed by atoms with Crippen LogP contribution in [0.1, 0.15) is 26.3 Å². The van der Waals surface area contributed by atoms with E-state index in [4.69, 9.17) is 11.6 Å². The number of amides is 3. The molecule has 0 radical (unpaired) electrons. The van der Waals surface area contributed by atoms with Crippen LogP contribution < -0.4 is 5.32 Å². The molecule has 0 aliphatic carbocycles. The second-order valence-electron chi connectivity index (χ2n) is 8.49. The van der Waals surface area contributed by atoms with Crippen LogP contribution in [0.15, 0.2) is 72.8 Å². The number of nitrogens with one attached hydrogen (secondary N) is 1. The molecule has 4 rings (SSSR count). The number of rotatable bonds is 5. The Hall–Kier alpha value is -3.85. The molecule has 0 aromatic heterocycles. The second-order valence-corrected chi connectivity index (χ2v) is 8.90. The summed E-state index contributed by atoms with van der Waals surface area (Å²) in [6.45, 7) is 0.413. The fourth-order valence-corrected chi connectivity index (χ4v) is 4.21. The standard InChI is InChI=1S/C27H23ClF3N3O3/c28-23-11-10-21(27(29,30)31)16-22(23)26(37)34-14-12-33(13-15-34)24(35)17-32-25(36)20-8-6-19(7-9-20)18-4-2-1-3-5-18/h1-11,16H,12-15,17H2,(H,32,36). The lowest BCUT2D eigenvalue weighted by molar-refractivity contribution is -0.137. The van der Waals surface area contributed by atoms with Crippen LogP contribution in [0.4, 0.5) is 13.2 Å². The molecule has 37 heavy (non-hydrogen) atoms. The first-order chi connectivity index (χ1) is 17.6. The van der Waals surface area contributed by atoms with Crippen molar-refractivity contribution in [1.82, 2.24) is 15.1 Å². The van der Waals surface area contributed by atoms with Gasteiger partial charge in [-0.1, -0.05) is 54.1 Å². The highest BCUT2D eigenvalue weighted by Crippen LogP contribution is 2.32. The summed E-state index contributed by atoms with van der Waals surface area (Å²) in [7, 11) is 0. The van der Waals surface area contributed by atoms with Crippen LogP contribution in [-0.4, -0.2) is 60.2 Å². The van der Waals surface area contributed by atoms with Crippen molar-refractivity contribution in [2.45, 2.75) is 6.18 Å². The molecule has 0 saturated carbocycles. The monoisotopic (exact) mass is 529 g/mol. The van der Waals surface area contributed by atoms with Crippen molar-refractivity contribution in [2.75, 3.05) is 32.7 Å². The van der Waals surface area contributed by atoms with E-state index in [-0.39, 0.29) is 55.1 Å². The molecule has 192 valence electrons. The average molecular weight is 530 g/mol. The molecule has 3 amide bonds. The zero-order valence-corrected chi connectivity index (χ0v) is 20.4. The average Bonchev–Trinajstić information content (AvgIpc) is 2.91. The van der Waals surface area contributed by atoms with Crippen molar-refractivity contribution < 1.29 is 27.6 Å². The summed E-state index contributed by atoms with van der Waals surface area (Å²) in [6, 6.07) is 19.4. The van der Waals surface area contributed by atoms with E-state index in [1.165, 1.54) is 9.80 Å². The number of alkyl halides is 3. The lowest BCUT2D eigenvalue weighted by Gasteiger charge is -2.35. The van der Waals surface area contributed by atoms with Crippen molar-refractivity contribution >= 4 is 29.3 Å². The first-order valence-electron chi connectivity index (χ1n) is 11.5. The fraction of sp³-hybridized carbons (Fsp3) is 0.222. The Balaban J connectivity index is 1.28. The molecule has 6 nitrogen and oxygen atoms in total. The van der Waals surface area contributed by atoms with Gasteiger partial charge in [-0.3, -0.25) is 14.4 Å². The third-order valence-electron chi connectivity index (χ3n) is 6.10. The third kappa shape index (κ3) is 6.29. The maximum absolute atomic E-state index is 13.0. The lowest BCUT2D eigenvalue weighted by atomic mass is 10.0. The molecule has 3 aromatic rings. The molecule has 1 heterocycles. The summed E-state index contributed by atoms with van der Waals surface area (Å²) in [5, 5.41) is 2.54. The topological polar surface area (TPSA) is 69.7 Å². The normalized spacial score (nSPS) is 13.8. The van der Waals surface area contributed by atoms with Crippen LogP contribution in [0.2, 0.25) is 5.02 Å². The van der Waals surface area contributed by atoms with Crippen molar-refractivity contribution in [1.29, 1.82) is 0 Å². The number of hydrogen-bond donors (Lipinski definition) is 1. The fourth-order valence-electron chi connectivity index (χ4n) is 4.01. The Labute approximate surface area is 216 Å². The van der Waals surface area contributed by atoms with Crippen LogP contribution in [-0.2, 0) is 11.0 Å². The molecule has 1 N–H and O–H groups in total. The Kier molecular flexibility index (Phi) is 7.83. The van der Waals surface area contributed by atoms with Gasteiger partial charge < -0.3 is 15.1 Å². The minimum Gasteiger partial charge on any atom is -0.343 e. The molecule has 3 aromatic carbocycles. The summed E-state index contributed by atoms with van der Waals surface area (Å²) in [5.41, 5.74) is 1.21. The molecule has 0 atom stereocenters. The maximum atomic E-state index is 13.0. The summed E-state index contributed by atoms with van der Waals surface area (Å²) in [4.78, 5) is 40.7. The Morgan fingerprint density at radius 2 is 1.41 bits per heavy atom. The van der Waals surface area contributed by atoms with Gasteiger partial charge in [-0.15, -0.1) is 0 Å². The molecule has 0 bridgehead atoms. The highest BCUT2D eigenvalue weighted by molar-refractivity contribution is 6.33. The van der Waals surface area contributed by atoms with E-state index in [1.807, 2.05) is 42.5 Å². The molecular weight excluding hydrogens is 507 g/mol. The Morgan fingerprint density at radius 1 is 0.811 bits per heavy atom. The number of carbonyl (C=O) groups is 3. The van der Waals surface area contributed by atoms with E-state index in [0.717, 1.165) is 29.3 Å². The lowest BCUT2D eigenvalue weighted by Crippen LogP contribution is -2.52. The van der Waals surface area contributed by atoms with Gasteiger partial charge in [0, 0.05) is 31.7 Å². The summed E-state index contributed by atoms with van der Waals surface area (Å²) in [5.74, 6) is -1.34. The van der Waals surface area contributed by atoms with Gasteiger partial charge in [-0.05, 0) is 41.5 Å². The van der Waals surface area contributed by atoms with Crippen molar-refractivity contribution in [2.24, 2.45) is 0 Å². The number of carbonyl (C=O) groups excluding carboxylic acids is 3. The van der Waals surface area contributed by atoms with Crippen molar-refractivity contribution in [3.63, 3.8) is 0 Å². The number of nitrogens with zero attached hydrogens (tertiary/aromatic N) is 2. The van der Waals surface area contributed by atoms with Gasteiger partial charge in [0.05, 0.1) is 22.7 Å². The first kappa shape index (κ1) is 26.2. The zero-order valence-electron chi connectivity index (χ0n) is 19.6. The quantitative estimate of drug-likeness (QED) is 0.519. The predicted octanol–water partition coefficient (Wildman–Crippen LogP) is 4.74. The van der Waals surface area contributed by atoms with Gasteiger partial charge in [-0.2, -0.15) is 13.2 Å². The zero-order chi connectivity index (χ0) is 26.6. The molecule has 1 aliphatic rings. The van der Waals surface area contributed by atoms with E-state index in [0.29, 0.717) is 5.56 Å². The van der Waals surface area contributed by atoms with Crippen molar-refractivity contribution in [3.8, 4) is 11.1 Å². The molecule has 10 heteroatoms. The van der Waals surface area contributed by atoms with Gasteiger partial charge in [0.1, 0.15) is 0 Å². The summed E-state index contributed by atoms with van der Waals surface area (Å²) < 4.78 is 39.1. The molecule has 0 spiro atoms. The number of piperazine rings is 1. The maximum Gasteiger partial charge on any atom is 0.416 e. The highest BCUT2D eigenvalue weighted by atomic mass is 35.5. The van der Waals surface area contributed by atoms with E-state index >= 15 is 0 Å². The molecular formula is C27H23ClF3N3O3. The number of hydrogen-bond acceptors (Lipinski definition) is 3. The van der Waals surface area contributed by atoms with Gasteiger partial charge in [-0.25, -0.2) is 0 Å². The molecule has 1 aliphatic heterocycles. The SMILES string of the molecule is O=C(NCC(=O)N1CCN(C(=O)c2cc(C(F)(F)F)ccc2Cl)CC1)c1ccc(-c2ccccc2)cc1. The third-order valence-corrected chi connectivity index (χ3v) is 6.43. The van der Waals surface area contributed by atoms with Crippen LogP contribution in [0.5, 0.6) is 0 Å². The van der Waals surface area contributed by atoms with Gasteiger partial charge in [0.25, 0.3) is 11.8 Å². The number of halogens is 4. The predicted molar refractivity (Wildman–Crippen MR) is 133 cm³/mol. The summed E-state index contributed by atoms with van der Waals surface area (Å²) >= 11 is 5.98. The van der Waals surface area contributed by atoms with E-state index in [1.54, 1.807) is 12.1 Å². The summed E-state index contributed by atoms with van der Waals surface area (Å²) in [6.07, 6.45) is -4.60. The van der Waals surface area contributed by atoms with Gasteiger partial charge in [0.15, 0.2) is 0 Å². The van der Waals surface area contributed by atoms with Crippen LogP contribution in [0.25, 0.3) is 11.1 Å². The Bertz CT molecular complexity index is 1290. The smallest absolute Gasteiger partial charge is 0.343 e. The van der Waals surface area contributed by atoms with Crippen LogP contribution in [0, 0.1) is 0 Å². The first-order valence-corrected chi connectivity index (χ1v) is 11.9. The second kappa shape index (κ2) is 11.0. The van der Waals surface area contributed by atoms with Crippen LogP contribution >= 0.6 is 11.6 Å². The largest absolute Gasteiger partial charge is 0.416 e. The van der Waals surface area contributed by atoms with Gasteiger partial charge >= 0.3 is 6.18 Å². The van der Waals surface area contributed by atoms with Gasteiger partial charge in [0.2, 0.25) is 5.91 Å². The molecule has 0 unspecified atom stereocenters. The van der Waals surface area contributed by atoms with Crippen molar-refractivity contribution in [3.05, 3.63) is 94.5 Å². The van der Waals surface area contributed by atoms with Crippen LogP contribution in [0.3, 0.4) is 0 Å². The minimum atomic E-state index is -4.60. The van der Waals surface area contributed by atoms with E-state index in [9.17, 15) is 27.6 Å². The molecule has 1 fully saturated rings. The Morgan fingerprint density at radius 3 is 2.03 bits per heavy atom. The van der Waals surface area contributed by atoms with E-state index < -0.39 is 17.6 Å². The van der Waals surface area contributed by atoms with E-state index in [2.05, 4.69) is 5.32 Å². The molecule has 1 saturated heterocycles. The highest BCUT2D eigenvalue weighted by Gasteiger charge is 2.33. The number of benzene rings is 3.